The van der Waals surface area contributed by atoms with Crippen LogP contribution in [0.2, 0.25) is 0 Å². The number of hydrogen-bond donors (Lipinski definition) is 2. The molecule has 0 heterocycles. The monoisotopic (exact) mass is 247 g/mol. The Morgan fingerprint density at radius 2 is 2.11 bits per heavy atom. The Morgan fingerprint density at radius 1 is 1.33 bits per heavy atom. The smallest absolute Gasteiger partial charge is 0.0720 e. The second kappa shape index (κ2) is 6.66. The first-order valence-electron chi connectivity index (χ1n) is 6.62. The van der Waals surface area contributed by atoms with Gasteiger partial charge in [0.15, 0.2) is 0 Å². The van der Waals surface area contributed by atoms with Gasteiger partial charge >= 0.3 is 0 Å². The fraction of sp³-hybridized carbons (Fsp3) is 0.533. The van der Waals surface area contributed by atoms with E-state index in [9.17, 15) is 5.11 Å². The lowest BCUT2D eigenvalue weighted by atomic mass is 9.98. The molecule has 1 fully saturated rings. The van der Waals surface area contributed by atoms with Crippen LogP contribution in [0, 0.1) is 11.3 Å². The lowest BCUT2D eigenvalue weighted by Crippen LogP contribution is -2.23. The molecule has 0 saturated heterocycles. The second-order valence-electron chi connectivity index (χ2n) is 5.00. The molecule has 0 radical (unpaired) electrons. The summed E-state index contributed by atoms with van der Waals surface area (Å²) in [6.07, 6.45) is 4.64. The van der Waals surface area contributed by atoms with Crippen molar-refractivity contribution in [3.8, 4) is 0 Å². The zero-order valence-corrected chi connectivity index (χ0v) is 10.6. The maximum Gasteiger partial charge on any atom is 0.0720 e. The number of hydrogen-bond acceptors (Lipinski definition) is 3. The van der Waals surface area contributed by atoms with Crippen LogP contribution in [0.1, 0.15) is 31.2 Å². The van der Waals surface area contributed by atoms with Crippen LogP contribution >= 0.6 is 0 Å². The quantitative estimate of drug-likeness (QED) is 0.759. The molecule has 1 aromatic rings. The molecule has 0 spiro atoms. The van der Waals surface area contributed by atoms with E-state index in [1.165, 1.54) is 6.21 Å². The highest BCUT2D eigenvalue weighted by atomic mass is 16.5. The average molecular weight is 247 g/mol. The van der Waals surface area contributed by atoms with E-state index in [2.05, 4.69) is 0 Å². The van der Waals surface area contributed by atoms with Gasteiger partial charge in [0.1, 0.15) is 0 Å². The number of rotatable bonds is 6. The van der Waals surface area contributed by atoms with Gasteiger partial charge in [-0.05, 0) is 37.0 Å². The normalized spacial score (nSPS) is 24.9. The molecule has 3 nitrogen and oxygen atoms in total. The van der Waals surface area contributed by atoms with Crippen molar-refractivity contribution in [1.29, 1.82) is 5.41 Å². The predicted molar refractivity (Wildman–Crippen MR) is 71.8 cm³/mol. The molecule has 0 aromatic heterocycles. The van der Waals surface area contributed by atoms with Crippen LogP contribution in [-0.4, -0.2) is 23.5 Å². The fourth-order valence-corrected chi connectivity index (χ4v) is 2.62. The van der Waals surface area contributed by atoms with Crippen molar-refractivity contribution in [2.75, 3.05) is 0 Å². The highest BCUT2D eigenvalue weighted by Crippen LogP contribution is 2.31. The Kier molecular flexibility index (Phi) is 4.90. The molecule has 0 bridgehead atoms. The van der Waals surface area contributed by atoms with Gasteiger partial charge in [-0.1, -0.05) is 30.3 Å². The van der Waals surface area contributed by atoms with E-state index in [-0.39, 0.29) is 12.2 Å². The molecule has 2 N–H and O–H groups in total. The number of benzene rings is 1. The zero-order chi connectivity index (χ0) is 12.8. The number of aliphatic hydroxyl groups excluding tert-OH is 1. The van der Waals surface area contributed by atoms with Crippen molar-refractivity contribution >= 4 is 6.21 Å². The third kappa shape index (κ3) is 3.65. The molecule has 98 valence electrons. The summed E-state index contributed by atoms with van der Waals surface area (Å²) in [6, 6.07) is 10.1. The Morgan fingerprint density at radius 3 is 2.72 bits per heavy atom. The first-order valence-corrected chi connectivity index (χ1v) is 6.62. The summed E-state index contributed by atoms with van der Waals surface area (Å²) in [5.41, 5.74) is 1.16. The Labute approximate surface area is 108 Å². The van der Waals surface area contributed by atoms with E-state index in [1.807, 2.05) is 30.3 Å². The minimum Gasteiger partial charge on any atom is -0.393 e. The molecule has 1 saturated carbocycles. The van der Waals surface area contributed by atoms with Gasteiger partial charge in [-0.25, -0.2) is 0 Å². The summed E-state index contributed by atoms with van der Waals surface area (Å²) in [5.74, 6) is 0.394. The van der Waals surface area contributed by atoms with Crippen LogP contribution in [0.5, 0.6) is 0 Å². The molecule has 18 heavy (non-hydrogen) atoms. The van der Waals surface area contributed by atoms with E-state index in [1.54, 1.807) is 0 Å². The van der Waals surface area contributed by atoms with E-state index in [4.69, 9.17) is 10.1 Å². The average Bonchev–Trinajstić information content (AvgIpc) is 2.82. The Hall–Kier alpha value is -1.19. The van der Waals surface area contributed by atoms with Crippen LogP contribution in [0.4, 0.5) is 0 Å². The minimum absolute atomic E-state index is 0.0693. The predicted octanol–water partition coefficient (Wildman–Crippen LogP) is 2.77. The van der Waals surface area contributed by atoms with Crippen molar-refractivity contribution in [2.24, 2.45) is 5.92 Å². The summed E-state index contributed by atoms with van der Waals surface area (Å²) < 4.78 is 5.94. The van der Waals surface area contributed by atoms with E-state index in [0.29, 0.717) is 18.9 Å². The molecule has 2 rings (SSSR count). The van der Waals surface area contributed by atoms with Gasteiger partial charge in [0, 0.05) is 6.42 Å². The molecule has 0 aliphatic heterocycles. The molecule has 3 heteroatoms. The summed E-state index contributed by atoms with van der Waals surface area (Å²) in [5, 5.41) is 16.9. The van der Waals surface area contributed by atoms with E-state index >= 15 is 0 Å². The van der Waals surface area contributed by atoms with Crippen molar-refractivity contribution in [2.45, 2.75) is 44.5 Å². The van der Waals surface area contributed by atoms with Gasteiger partial charge in [-0.2, -0.15) is 0 Å². The number of ether oxygens (including phenoxy) is 1. The summed E-state index contributed by atoms with van der Waals surface area (Å²) >= 11 is 0. The van der Waals surface area contributed by atoms with Crippen molar-refractivity contribution in [1.82, 2.24) is 0 Å². The van der Waals surface area contributed by atoms with Gasteiger partial charge in [-0.3, -0.25) is 0 Å². The third-order valence-electron chi connectivity index (χ3n) is 3.63. The number of nitrogens with one attached hydrogen (secondary N) is 1. The van der Waals surface area contributed by atoms with Gasteiger partial charge in [0.25, 0.3) is 0 Å². The van der Waals surface area contributed by atoms with Gasteiger partial charge in [0.05, 0.1) is 18.8 Å². The van der Waals surface area contributed by atoms with Crippen LogP contribution in [0.25, 0.3) is 0 Å². The standard InChI is InChI=1S/C15H21NO2/c16-9-8-15(13-6-7-14(17)10-13)18-11-12-4-2-1-3-5-12/h1-5,9,13-17H,6-8,10-11H2/t13-,14-,15+/m1/s1. The molecule has 1 aliphatic carbocycles. The van der Waals surface area contributed by atoms with Gasteiger partial charge in [-0.15, -0.1) is 0 Å². The minimum atomic E-state index is -0.177. The topological polar surface area (TPSA) is 53.3 Å². The summed E-state index contributed by atoms with van der Waals surface area (Å²) in [4.78, 5) is 0. The second-order valence-corrected chi connectivity index (χ2v) is 5.00. The first kappa shape index (κ1) is 13.2. The molecule has 1 aliphatic rings. The van der Waals surface area contributed by atoms with Crippen molar-refractivity contribution < 1.29 is 9.84 Å². The fourth-order valence-electron chi connectivity index (χ4n) is 2.62. The van der Waals surface area contributed by atoms with Gasteiger partial charge < -0.3 is 15.3 Å². The van der Waals surface area contributed by atoms with E-state index < -0.39 is 0 Å². The summed E-state index contributed by atoms with van der Waals surface area (Å²) in [7, 11) is 0. The third-order valence-corrected chi connectivity index (χ3v) is 3.63. The maximum absolute atomic E-state index is 9.59. The Balaban J connectivity index is 1.88. The Bertz CT molecular complexity index is 366. The van der Waals surface area contributed by atoms with Crippen LogP contribution < -0.4 is 0 Å². The highest BCUT2D eigenvalue weighted by molar-refractivity contribution is 5.53. The van der Waals surface area contributed by atoms with Crippen molar-refractivity contribution in [3.63, 3.8) is 0 Å². The van der Waals surface area contributed by atoms with Crippen molar-refractivity contribution in [3.05, 3.63) is 35.9 Å². The van der Waals surface area contributed by atoms with E-state index in [0.717, 1.165) is 24.8 Å². The van der Waals surface area contributed by atoms with Crippen LogP contribution in [-0.2, 0) is 11.3 Å². The molecule has 1 aromatic carbocycles. The lowest BCUT2D eigenvalue weighted by molar-refractivity contribution is 0.00424. The zero-order valence-electron chi connectivity index (χ0n) is 10.6. The lowest BCUT2D eigenvalue weighted by Gasteiger charge is -2.22. The maximum atomic E-state index is 9.59. The molecular formula is C15H21NO2. The van der Waals surface area contributed by atoms with Crippen LogP contribution in [0.15, 0.2) is 30.3 Å². The SMILES string of the molecule is N=CC[C@H](OCc1ccccc1)[C@@H]1CC[C@@H](O)C1. The molecule has 0 amide bonds. The number of aliphatic hydroxyl groups is 1. The van der Waals surface area contributed by atoms with Gasteiger partial charge in [0.2, 0.25) is 0 Å². The summed E-state index contributed by atoms with van der Waals surface area (Å²) in [6.45, 7) is 0.589. The largest absolute Gasteiger partial charge is 0.393 e. The molecule has 0 unspecified atom stereocenters. The van der Waals surface area contributed by atoms with Crippen LogP contribution in [0.3, 0.4) is 0 Å². The molecular weight excluding hydrogens is 226 g/mol. The first-order chi connectivity index (χ1) is 8.79. The highest BCUT2D eigenvalue weighted by Gasteiger charge is 2.29. The molecule has 3 atom stereocenters.